The van der Waals surface area contributed by atoms with Crippen molar-refractivity contribution in [3.63, 3.8) is 0 Å². The van der Waals surface area contributed by atoms with Crippen molar-refractivity contribution in [2.75, 3.05) is 0 Å². The quantitative estimate of drug-likeness (QED) is 0.742. The van der Waals surface area contributed by atoms with Crippen LogP contribution in [-0.2, 0) is 0 Å². The highest BCUT2D eigenvalue weighted by Crippen LogP contribution is 2.33. The molecule has 0 atom stereocenters. The Morgan fingerprint density at radius 3 is 2.05 bits per heavy atom. The number of nitrogens with two attached hydrogens (primary N) is 1. The number of nitrogens with zero attached hydrogens (tertiary/aromatic N) is 2. The van der Waals surface area contributed by atoms with Gasteiger partial charge in [0.1, 0.15) is 5.69 Å². The van der Waals surface area contributed by atoms with Gasteiger partial charge >= 0.3 is 18.0 Å². The van der Waals surface area contributed by atoms with E-state index >= 15 is 0 Å². The highest BCUT2D eigenvalue weighted by Gasteiger charge is 2.20. The summed E-state index contributed by atoms with van der Waals surface area (Å²) < 4.78 is 0. The Morgan fingerprint density at radius 1 is 0.952 bits per heavy atom. The highest BCUT2D eigenvalue weighted by atomic mass is 16.4. The van der Waals surface area contributed by atoms with Gasteiger partial charge in [-0.15, -0.1) is 5.11 Å². The number of azo groups is 1. The fraction of sp³-hybridized carbons (Fsp3) is 0. The zero-order valence-electron chi connectivity index (χ0n) is 10.5. The van der Waals surface area contributed by atoms with Crippen molar-refractivity contribution in [2.45, 2.75) is 0 Å². The lowest BCUT2D eigenvalue weighted by Crippen LogP contribution is -2.05. The van der Waals surface area contributed by atoms with Crippen LogP contribution in [0.3, 0.4) is 0 Å². The molecule has 8 heteroatoms. The maximum absolute atomic E-state index is 11.3. The van der Waals surface area contributed by atoms with E-state index in [1.807, 2.05) is 0 Å². The van der Waals surface area contributed by atoms with E-state index in [0.29, 0.717) is 0 Å². The van der Waals surface area contributed by atoms with Crippen molar-refractivity contribution < 1.29 is 24.6 Å². The third kappa shape index (κ3) is 2.68. The molecule has 2 amide bonds. The molecular weight excluding hydrogens is 278 g/mol. The molecular formula is C13H9N3O5. The lowest BCUT2D eigenvalue weighted by molar-refractivity contribution is 0.0696. The number of carbonyl (C=O) groups excluding carboxylic acids is 1. The second-order valence-corrected chi connectivity index (χ2v) is 4.01. The van der Waals surface area contributed by atoms with Crippen LogP contribution in [0, 0.1) is 0 Å². The standard InChI is InChI=1S/C13H9N3O5/c14-13(21)16-15-10-7-4-2-1-3-6(7)8(11(17)18)5-9(10)12(19)20/h1-5H,(H2,14,21)(H,17,18)(H,19,20). The van der Waals surface area contributed by atoms with Crippen LogP contribution < -0.4 is 5.73 Å². The van der Waals surface area contributed by atoms with Crippen molar-refractivity contribution in [3.8, 4) is 0 Å². The lowest BCUT2D eigenvalue weighted by Gasteiger charge is -2.08. The van der Waals surface area contributed by atoms with E-state index in [2.05, 4.69) is 10.2 Å². The summed E-state index contributed by atoms with van der Waals surface area (Å²) in [5.74, 6) is -2.66. The molecule has 0 saturated carbocycles. The fourth-order valence-corrected chi connectivity index (χ4v) is 1.91. The second kappa shape index (κ2) is 5.37. The largest absolute Gasteiger partial charge is 0.478 e. The molecule has 0 bridgehead atoms. The molecule has 21 heavy (non-hydrogen) atoms. The lowest BCUT2D eigenvalue weighted by atomic mass is 9.98. The van der Waals surface area contributed by atoms with Crippen LogP contribution in [0.5, 0.6) is 0 Å². The Balaban J connectivity index is 2.90. The molecule has 0 aliphatic rings. The van der Waals surface area contributed by atoms with Gasteiger partial charge in [-0.3, -0.25) is 0 Å². The van der Waals surface area contributed by atoms with E-state index in [1.165, 1.54) is 12.1 Å². The number of carboxylic acid groups (broad SMARTS) is 2. The number of urea groups is 1. The predicted octanol–water partition coefficient (Wildman–Crippen LogP) is 2.40. The zero-order valence-corrected chi connectivity index (χ0v) is 10.5. The topological polar surface area (TPSA) is 142 Å². The van der Waals surface area contributed by atoms with Gasteiger partial charge in [-0.2, -0.15) is 0 Å². The van der Waals surface area contributed by atoms with Gasteiger partial charge in [0.05, 0.1) is 11.1 Å². The summed E-state index contributed by atoms with van der Waals surface area (Å²) in [6.07, 6.45) is 0. The molecule has 8 nitrogen and oxygen atoms in total. The maximum Gasteiger partial charge on any atom is 0.356 e. The summed E-state index contributed by atoms with van der Waals surface area (Å²) in [6, 6.07) is 6.07. The third-order valence-electron chi connectivity index (χ3n) is 2.73. The Morgan fingerprint density at radius 2 is 1.52 bits per heavy atom. The van der Waals surface area contributed by atoms with E-state index in [0.717, 1.165) is 6.07 Å². The van der Waals surface area contributed by atoms with Crippen molar-refractivity contribution in [3.05, 3.63) is 41.5 Å². The number of benzene rings is 2. The molecule has 0 spiro atoms. The van der Waals surface area contributed by atoms with Gasteiger partial charge in [0.2, 0.25) is 0 Å². The molecule has 2 rings (SSSR count). The smallest absolute Gasteiger partial charge is 0.356 e. The number of primary amides is 1. The van der Waals surface area contributed by atoms with Crippen LogP contribution in [0.4, 0.5) is 10.5 Å². The monoisotopic (exact) mass is 287 g/mol. The van der Waals surface area contributed by atoms with Crippen LogP contribution in [0.15, 0.2) is 40.6 Å². The van der Waals surface area contributed by atoms with E-state index in [1.54, 1.807) is 12.1 Å². The maximum atomic E-state index is 11.3. The van der Waals surface area contributed by atoms with Gasteiger partial charge in [0.25, 0.3) is 0 Å². The number of hydrogen-bond donors (Lipinski definition) is 3. The normalized spacial score (nSPS) is 10.9. The van der Waals surface area contributed by atoms with E-state index in [4.69, 9.17) is 5.73 Å². The van der Waals surface area contributed by atoms with E-state index in [9.17, 15) is 24.6 Å². The highest BCUT2D eigenvalue weighted by molar-refractivity contribution is 6.12. The molecule has 2 aromatic carbocycles. The minimum atomic E-state index is -1.39. The Hall–Kier alpha value is -3.29. The van der Waals surface area contributed by atoms with Crippen molar-refractivity contribution in [1.82, 2.24) is 0 Å². The van der Waals surface area contributed by atoms with E-state index in [-0.39, 0.29) is 27.6 Å². The minimum Gasteiger partial charge on any atom is -0.478 e. The Bertz CT molecular complexity index is 798. The Labute approximate surface area is 117 Å². The van der Waals surface area contributed by atoms with Crippen LogP contribution in [-0.4, -0.2) is 28.2 Å². The summed E-state index contributed by atoms with van der Waals surface area (Å²) in [5, 5.41) is 25.5. The summed E-state index contributed by atoms with van der Waals surface area (Å²) >= 11 is 0. The van der Waals surface area contributed by atoms with Crippen molar-refractivity contribution in [1.29, 1.82) is 0 Å². The number of fused-ring (bicyclic) bond motifs is 1. The molecule has 0 aliphatic heterocycles. The molecule has 2 aromatic rings. The molecule has 0 fully saturated rings. The minimum absolute atomic E-state index is 0.123. The van der Waals surface area contributed by atoms with Gasteiger partial charge in [-0.05, 0) is 11.5 Å². The second-order valence-electron chi connectivity index (χ2n) is 4.01. The average molecular weight is 287 g/mol. The van der Waals surface area contributed by atoms with Crippen LogP contribution >= 0.6 is 0 Å². The molecule has 0 radical (unpaired) electrons. The SMILES string of the molecule is NC(=O)N=Nc1c(C(=O)O)cc(C(=O)O)c2ccccc12. The molecule has 0 heterocycles. The summed E-state index contributed by atoms with van der Waals surface area (Å²) in [4.78, 5) is 33.2. The van der Waals surface area contributed by atoms with Crippen LogP contribution in [0.2, 0.25) is 0 Å². The summed E-state index contributed by atoms with van der Waals surface area (Å²) in [5.41, 5.74) is 4.17. The van der Waals surface area contributed by atoms with Gasteiger partial charge in [-0.25, -0.2) is 14.4 Å². The number of hydrogen-bond acceptors (Lipinski definition) is 4. The summed E-state index contributed by atoms with van der Waals surface area (Å²) in [7, 11) is 0. The molecule has 0 aromatic heterocycles. The first kappa shape index (κ1) is 14.1. The number of aromatic carboxylic acids is 2. The van der Waals surface area contributed by atoms with Crippen molar-refractivity contribution in [2.24, 2.45) is 16.0 Å². The van der Waals surface area contributed by atoms with Gasteiger partial charge in [0, 0.05) is 5.39 Å². The first-order valence-electron chi connectivity index (χ1n) is 5.65. The van der Waals surface area contributed by atoms with Crippen LogP contribution in [0.1, 0.15) is 20.7 Å². The van der Waals surface area contributed by atoms with Gasteiger partial charge in [-0.1, -0.05) is 29.4 Å². The van der Waals surface area contributed by atoms with Crippen LogP contribution in [0.25, 0.3) is 10.8 Å². The number of carboxylic acids is 2. The van der Waals surface area contributed by atoms with E-state index < -0.39 is 18.0 Å². The van der Waals surface area contributed by atoms with Gasteiger partial charge in [0.15, 0.2) is 0 Å². The predicted molar refractivity (Wildman–Crippen MR) is 72.0 cm³/mol. The fourth-order valence-electron chi connectivity index (χ4n) is 1.91. The molecule has 0 aliphatic carbocycles. The molecule has 0 unspecified atom stereocenters. The first-order chi connectivity index (χ1) is 9.91. The third-order valence-corrected chi connectivity index (χ3v) is 2.73. The number of carbonyl (C=O) groups is 3. The average Bonchev–Trinajstić information content (AvgIpc) is 2.43. The van der Waals surface area contributed by atoms with Crippen molar-refractivity contribution >= 4 is 34.4 Å². The molecule has 0 saturated heterocycles. The molecule has 106 valence electrons. The zero-order chi connectivity index (χ0) is 15.6. The first-order valence-corrected chi connectivity index (χ1v) is 5.65. The summed E-state index contributed by atoms with van der Waals surface area (Å²) in [6.45, 7) is 0. The number of rotatable bonds is 3. The molecule has 4 N–H and O–H groups in total. The van der Waals surface area contributed by atoms with Gasteiger partial charge < -0.3 is 15.9 Å². The number of amides is 2. The Kier molecular flexibility index (Phi) is 3.61.